The number of hydrogen-bond donors (Lipinski definition) is 2. The van der Waals surface area contributed by atoms with Gasteiger partial charge in [0.25, 0.3) is 0 Å². The molecule has 1 aliphatic rings. The first kappa shape index (κ1) is 15.2. The molecule has 1 aromatic carbocycles. The fourth-order valence-electron chi connectivity index (χ4n) is 2.07. The molecule has 0 saturated carbocycles. The average Bonchev–Trinajstić information content (AvgIpc) is 2.92. The van der Waals surface area contributed by atoms with E-state index in [0.29, 0.717) is 0 Å². The molecule has 5 heteroatoms. The molecule has 0 radical (unpaired) electrons. The van der Waals surface area contributed by atoms with Crippen molar-refractivity contribution in [2.45, 2.75) is 39.0 Å². The second-order valence-electron chi connectivity index (χ2n) is 5.24. The van der Waals surface area contributed by atoms with Crippen LogP contribution in [-0.2, 0) is 4.79 Å². The Morgan fingerprint density at radius 3 is 2.60 bits per heavy atom. The van der Waals surface area contributed by atoms with E-state index in [4.69, 9.17) is 4.74 Å². The first-order valence-corrected chi connectivity index (χ1v) is 8.10. The van der Waals surface area contributed by atoms with Crippen molar-refractivity contribution in [3.05, 3.63) is 29.8 Å². The molecule has 2 rings (SSSR count). The summed E-state index contributed by atoms with van der Waals surface area (Å²) >= 11 is 1.75. The van der Waals surface area contributed by atoms with Gasteiger partial charge in [-0.05, 0) is 38.5 Å². The maximum Gasteiger partial charge on any atom is 0.238 e. The molecule has 0 spiro atoms. The predicted octanol–water partition coefficient (Wildman–Crippen LogP) is 2.31. The van der Waals surface area contributed by atoms with E-state index in [1.54, 1.807) is 11.8 Å². The highest BCUT2D eigenvalue weighted by atomic mass is 32.2. The second-order valence-corrected chi connectivity index (χ2v) is 6.27. The van der Waals surface area contributed by atoms with E-state index in [2.05, 4.69) is 10.6 Å². The van der Waals surface area contributed by atoms with Gasteiger partial charge in [0.1, 0.15) is 5.75 Å². The molecule has 0 bridgehead atoms. The van der Waals surface area contributed by atoms with Gasteiger partial charge in [0.2, 0.25) is 5.91 Å². The van der Waals surface area contributed by atoms with Crippen LogP contribution in [0.25, 0.3) is 0 Å². The summed E-state index contributed by atoms with van der Waals surface area (Å²) in [5.74, 6) is 2.63. The number of nitrogens with one attached hydrogen (secondary N) is 2. The van der Waals surface area contributed by atoms with Gasteiger partial charge in [-0.2, -0.15) is 0 Å². The minimum Gasteiger partial charge on any atom is -0.491 e. The third kappa shape index (κ3) is 4.15. The highest BCUT2D eigenvalue weighted by Crippen LogP contribution is 2.19. The van der Waals surface area contributed by atoms with Crippen LogP contribution in [0.1, 0.15) is 32.4 Å². The fourth-order valence-corrected chi connectivity index (χ4v) is 3.01. The van der Waals surface area contributed by atoms with E-state index in [0.717, 1.165) is 22.9 Å². The number of carbonyl (C=O) groups is 1. The van der Waals surface area contributed by atoms with Crippen LogP contribution in [-0.4, -0.2) is 29.7 Å². The molecular weight excluding hydrogens is 272 g/mol. The molecule has 1 saturated heterocycles. The number of thioether (sulfide) groups is 1. The van der Waals surface area contributed by atoms with Gasteiger partial charge in [0, 0.05) is 11.6 Å². The minimum atomic E-state index is -0.0639. The summed E-state index contributed by atoms with van der Waals surface area (Å²) < 4.78 is 5.61. The number of rotatable bonds is 5. The third-order valence-electron chi connectivity index (χ3n) is 3.14. The monoisotopic (exact) mass is 294 g/mol. The predicted molar refractivity (Wildman–Crippen MR) is 83.0 cm³/mol. The molecule has 2 N–H and O–H groups in total. The number of amides is 1. The Morgan fingerprint density at radius 1 is 1.35 bits per heavy atom. The highest BCUT2D eigenvalue weighted by molar-refractivity contribution is 7.99. The van der Waals surface area contributed by atoms with E-state index in [1.807, 2.05) is 45.0 Å². The van der Waals surface area contributed by atoms with Gasteiger partial charge in [0.05, 0.1) is 18.2 Å². The molecule has 4 nitrogen and oxygen atoms in total. The lowest BCUT2D eigenvalue weighted by Gasteiger charge is -2.18. The van der Waals surface area contributed by atoms with Crippen molar-refractivity contribution in [2.24, 2.45) is 0 Å². The van der Waals surface area contributed by atoms with E-state index in [-0.39, 0.29) is 24.1 Å². The zero-order valence-corrected chi connectivity index (χ0v) is 13.0. The van der Waals surface area contributed by atoms with E-state index in [9.17, 15) is 4.79 Å². The van der Waals surface area contributed by atoms with Crippen molar-refractivity contribution in [3.63, 3.8) is 0 Å². The van der Waals surface area contributed by atoms with Gasteiger partial charge in [-0.15, -0.1) is 11.8 Å². The Morgan fingerprint density at radius 2 is 2.05 bits per heavy atom. The van der Waals surface area contributed by atoms with E-state index in [1.165, 1.54) is 0 Å². The highest BCUT2D eigenvalue weighted by Gasteiger charge is 2.23. The van der Waals surface area contributed by atoms with Crippen molar-refractivity contribution in [1.29, 1.82) is 0 Å². The Kier molecular flexibility index (Phi) is 5.31. The molecule has 1 fully saturated rings. The summed E-state index contributed by atoms with van der Waals surface area (Å²) in [6.07, 6.45) is 0.170. The maximum atomic E-state index is 12.0. The van der Waals surface area contributed by atoms with Crippen molar-refractivity contribution >= 4 is 17.7 Å². The third-order valence-corrected chi connectivity index (χ3v) is 4.08. The van der Waals surface area contributed by atoms with Gasteiger partial charge in [-0.3, -0.25) is 10.1 Å². The minimum absolute atomic E-state index is 0.00278. The van der Waals surface area contributed by atoms with Crippen LogP contribution < -0.4 is 15.4 Å². The van der Waals surface area contributed by atoms with Crippen LogP contribution in [0, 0.1) is 0 Å². The first-order chi connectivity index (χ1) is 9.56. The number of hydrogen-bond acceptors (Lipinski definition) is 4. The standard InChI is InChI=1S/C15H22N2O2S/c1-10(2)19-13-6-4-12(5-7-13)11(3)17-15(18)14-8-20-9-16-14/h4-7,10-11,14,16H,8-9H2,1-3H3,(H,17,18). The van der Waals surface area contributed by atoms with E-state index < -0.39 is 0 Å². The molecular formula is C15H22N2O2S. The summed E-state index contributed by atoms with van der Waals surface area (Å²) in [5.41, 5.74) is 1.08. The number of ether oxygens (including phenoxy) is 1. The Hall–Kier alpha value is -1.20. The number of carbonyl (C=O) groups excluding carboxylic acids is 1. The summed E-state index contributed by atoms with van der Waals surface area (Å²) in [7, 11) is 0. The van der Waals surface area contributed by atoms with Crippen LogP contribution in [0.2, 0.25) is 0 Å². The summed E-state index contributed by atoms with van der Waals surface area (Å²) in [4.78, 5) is 12.0. The Bertz CT molecular complexity index is 442. The van der Waals surface area contributed by atoms with Gasteiger partial charge >= 0.3 is 0 Å². The quantitative estimate of drug-likeness (QED) is 0.875. The summed E-state index contributed by atoms with van der Waals surface area (Å²) in [6.45, 7) is 6.01. The summed E-state index contributed by atoms with van der Waals surface area (Å²) in [5, 5.41) is 6.22. The SMILES string of the molecule is CC(C)Oc1ccc(C(C)NC(=O)C2CSCN2)cc1. The Balaban J connectivity index is 1.91. The van der Waals surface area contributed by atoms with Crippen LogP contribution in [0.15, 0.2) is 24.3 Å². The molecule has 1 aromatic rings. The topological polar surface area (TPSA) is 50.4 Å². The molecule has 1 amide bonds. The van der Waals surface area contributed by atoms with Crippen molar-refractivity contribution in [3.8, 4) is 5.75 Å². The lowest BCUT2D eigenvalue weighted by molar-refractivity contribution is -0.123. The lowest BCUT2D eigenvalue weighted by atomic mass is 10.1. The van der Waals surface area contributed by atoms with E-state index >= 15 is 0 Å². The van der Waals surface area contributed by atoms with Crippen LogP contribution in [0.3, 0.4) is 0 Å². The first-order valence-electron chi connectivity index (χ1n) is 6.94. The van der Waals surface area contributed by atoms with Gasteiger partial charge in [-0.1, -0.05) is 12.1 Å². The van der Waals surface area contributed by atoms with Crippen LogP contribution in [0.4, 0.5) is 0 Å². The van der Waals surface area contributed by atoms with Crippen LogP contribution >= 0.6 is 11.8 Å². The zero-order chi connectivity index (χ0) is 14.5. The second kappa shape index (κ2) is 6.99. The molecule has 1 heterocycles. The molecule has 2 unspecified atom stereocenters. The molecule has 2 atom stereocenters. The molecule has 0 aliphatic carbocycles. The van der Waals surface area contributed by atoms with Crippen molar-refractivity contribution in [1.82, 2.24) is 10.6 Å². The van der Waals surface area contributed by atoms with Crippen LogP contribution in [0.5, 0.6) is 5.75 Å². The molecule has 0 aromatic heterocycles. The smallest absolute Gasteiger partial charge is 0.238 e. The van der Waals surface area contributed by atoms with Gasteiger partial charge in [-0.25, -0.2) is 0 Å². The molecule has 1 aliphatic heterocycles. The largest absolute Gasteiger partial charge is 0.491 e. The lowest BCUT2D eigenvalue weighted by Crippen LogP contribution is -2.42. The van der Waals surface area contributed by atoms with Crippen molar-refractivity contribution in [2.75, 3.05) is 11.6 Å². The fraction of sp³-hybridized carbons (Fsp3) is 0.533. The maximum absolute atomic E-state index is 12.0. The molecule has 20 heavy (non-hydrogen) atoms. The normalized spacial score (nSPS) is 19.9. The van der Waals surface area contributed by atoms with Gasteiger partial charge in [0.15, 0.2) is 0 Å². The number of benzene rings is 1. The average molecular weight is 294 g/mol. The van der Waals surface area contributed by atoms with Crippen molar-refractivity contribution < 1.29 is 9.53 Å². The molecule has 110 valence electrons. The zero-order valence-electron chi connectivity index (χ0n) is 12.2. The Labute approximate surface area is 124 Å². The van der Waals surface area contributed by atoms with Gasteiger partial charge < -0.3 is 10.1 Å². The summed E-state index contributed by atoms with van der Waals surface area (Å²) in [6, 6.07) is 7.83.